The molecule has 2 rings (SSSR count). The molecule has 1 aliphatic heterocycles. The van der Waals surface area contributed by atoms with Gasteiger partial charge in [0.15, 0.2) is 0 Å². The number of nitrogens with one attached hydrogen (secondary N) is 1. The Hall–Kier alpha value is -1.54. The molecule has 1 saturated heterocycles. The first-order valence-corrected chi connectivity index (χ1v) is 7.97. The van der Waals surface area contributed by atoms with Gasteiger partial charge in [0, 0.05) is 50.9 Å². The van der Waals surface area contributed by atoms with Gasteiger partial charge in [0.05, 0.1) is 0 Å². The summed E-state index contributed by atoms with van der Waals surface area (Å²) in [7, 11) is 2.19. The lowest BCUT2D eigenvalue weighted by Gasteiger charge is -2.34. The molecule has 1 aromatic carbocycles. The molecule has 1 unspecified atom stereocenters. The Balaban J connectivity index is 1.78. The number of rotatable bonds is 7. The van der Waals surface area contributed by atoms with Crippen LogP contribution in [0.2, 0.25) is 0 Å². The first-order valence-electron chi connectivity index (χ1n) is 7.97. The van der Waals surface area contributed by atoms with Crippen LogP contribution in [0.1, 0.15) is 12.5 Å². The van der Waals surface area contributed by atoms with Crippen molar-refractivity contribution in [3.63, 3.8) is 0 Å². The Labute approximate surface area is 134 Å². The molecule has 1 fully saturated rings. The SMILES string of the molecule is C#CCOc1ccccc1CNC(C)CN1CCN(C)CC1. The van der Waals surface area contributed by atoms with E-state index in [0.717, 1.165) is 50.6 Å². The van der Waals surface area contributed by atoms with E-state index >= 15 is 0 Å². The summed E-state index contributed by atoms with van der Waals surface area (Å²) < 4.78 is 5.59. The molecule has 1 atom stereocenters. The summed E-state index contributed by atoms with van der Waals surface area (Å²) in [6, 6.07) is 8.51. The molecule has 0 aliphatic carbocycles. The topological polar surface area (TPSA) is 27.7 Å². The molecule has 0 spiro atoms. The van der Waals surface area contributed by atoms with Crippen LogP contribution >= 0.6 is 0 Å². The van der Waals surface area contributed by atoms with Crippen LogP contribution < -0.4 is 10.1 Å². The third-order valence-electron chi connectivity index (χ3n) is 4.05. The van der Waals surface area contributed by atoms with E-state index in [1.54, 1.807) is 0 Å². The number of nitrogens with zero attached hydrogens (tertiary/aromatic N) is 2. The molecule has 0 saturated carbocycles. The fraction of sp³-hybridized carbons (Fsp3) is 0.556. The lowest BCUT2D eigenvalue weighted by Crippen LogP contribution is -2.48. The number of likely N-dealkylation sites (N-methyl/N-ethyl adjacent to an activating group) is 1. The van der Waals surface area contributed by atoms with Gasteiger partial charge in [0.25, 0.3) is 0 Å². The predicted molar refractivity (Wildman–Crippen MR) is 91.0 cm³/mol. The molecular weight excluding hydrogens is 274 g/mol. The maximum absolute atomic E-state index is 5.59. The van der Waals surface area contributed by atoms with Gasteiger partial charge >= 0.3 is 0 Å². The molecule has 22 heavy (non-hydrogen) atoms. The fourth-order valence-electron chi connectivity index (χ4n) is 2.68. The smallest absolute Gasteiger partial charge is 0.148 e. The second-order valence-corrected chi connectivity index (χ2v) is 5.99. The Bertz CT molecular complexity index is 489. The minimum Gasteiger partial charge on any atom is -0.481 e. The highest BCUT2D eigenvalue weighted by Crippen LogP contribution is 2.17. The third kappa shape index (κ3) is 5.34. The van der Waals surface area contributed by atoms with Gasteiger partial charge in [0.1, 0.15) is 12.4 Å². The number of piperazine rings is 1. The quantitative estimate of drug-likeness (QED) is 0.771. The van der Waals surface area contributed by atoms with E-state index in [-0.39, 0.29) is 0 Å². The summed E-state index contributed by atoms with van der Waals surface area (Å²) in [5.74, 6) is 3.39. The van der Waals surface area contributed by atoms with E-state index in [1.807, 2.05) is 18.2 Å². The summed E-state index contributed by atoms with van der Waals surface area (Å²) in [5, 5.41) is 3.59. The van der Waals surface area contributed by atoms with Crippen molar-refractivity contribution in [1.82, 2.24) is 15.1 Å². The zero-order valence-corrected chi connectivity index (χ0v) is 13.7. The molecule has 120 valence electrons. The van der Waals surface area contributed by atoms with Crippen LogP contribution in [0.4, 0.5) is 0 Å². The van der Waals surface area contributed by atoms with Gasteiger partial charge in [-0.15, -0.1) is 6.42 Å². The van der Waals surface area contributed by atoms with E-state index in [1.165, 1.54) is 0 Å². The molecular formula is C18H27N3O. The van der Waals surface area contributed by atoms with Crippen LogP contribution in [0.25, 0.3) is 0 Å². The standard InChI is InChI=1S/C18H27N3O/c1-4-13-22-18-8-6-5-7-17(18)14-19-16(2)15-21-11-9-20(3)10-12-21/h1,5-8,16,19H,9-15H2,2-3H3. The van der Waals surface area contributed by atoms with Gasteiger partial charge < -0.3 is 15.0 Å². The summed E-state index contributed by atoms with van der Waals surface area (Å²) >= 11 is 0. The maximum Gasteiger partial charge on any atom is 0.148 e. The van der Waals surface area contributed by atoms with Crippen LogP contribution in [0.15, 0.2) is 24.3 Å². The minimum absolute atomic E-state index is 0.313. The van der Waals surface area contributed by atoms with E-state index in [0.29, 0.717) is 12.6 Å². The highest BCUT2D eigenvalue weighted by atomic mass is 16.5. The third-order valence-corrected chi connectivity index (χ3v) is 4.05. The maximum atomic E-state index is 5.59. The highest BCUT2D eigenvalue weighted by Gasteiger charge is 2.16. The van der Waals surface area contributed by atoms with Crippen molar-refractivity contribution in [3.05, 3.63) is 29.8 Å². The van der Waals surface area contributed by atoms with Crippen LogP contribution in [0.5, 0.6) is 5.75 Å². The van der Waals surface area contributed by atoms with Crippen molar-refractivity contribution in [2.45, 2.75) is 19.5 Å². The Morgan fingerprint density at radius 2 is 2.00 bits per heavy atom. The first kappa shape index (κ1) is 16.8. The molecule has 1 N–H and O–H groups in total. The van der Waals surface area contributed by atoms with Gasteiger partial charge in [0.2, 0.25) is 0 Å². The molecule has 4 heteroatoms. The van der Waals surface area contributed by atoms with Crippen LogP contribution in [0.3, 0.4) is 0 Å². The molecule has 1 aromatic rings. The number of terminal acetylenes is 1. The van der Waals surface area contributed by atoms with E-state index in [9.17, 15) is 0 Å². The normalized spacial score (nSPS) is 17.9. The second kappa shape index (κ2) is 8.79. The Morgan fingerprint density at radius 3 is 2.73 bits per heavy atom. The minimum atomic E-state index is 0.313. The monoisotopic (exact) mass is 301 g/mol. The molecule has 4 nitrogen and oxygen atoms in total. The summed E-state index contributed by atoms with van der Waals surface area (Å²) in [4.78, 5) is 4.91. The van der Waals surface area contributed by atoms with Gasteiger partial charge in [-0.2, -0.15) is 0 Å². The fourth-order valence-corrected chi connectivity index (χ4v) is 2.68. The van der Waals surface area contributed by atoms with Crippen molar-refractivity contribution in [2.24, 2.45) is 0 Å². The van der Waals surface area contributed by atoms with Crippen LogP contribution in [0, 0.1) is 12.3 Å². The summed E-state index contributed by atoms with van der Waals surface area (Å²) in [5.41, 5.74) is 1.16. The van der Waals surface area contributed by atoms with E-state index in [2.05, 4.69) is 41.1 Å². The molecule has 0 radical (unpaired) electrons. The highest BCUT2D eigenvalue weighted by molar-refractivity contribution is 5.33. The number of benzene rings is 1. The number of hydrogen-bond donors (Lipinski definition) is 1. The zero-order chi connectivity index (χ0) is 15.8. The number of ether oxygens (including phenoxy) is 1. The average Bonchev–Trinajstić information content (AvgIpc) is 2.54. The van der Waals surface area contributed by atoms with Crippen LogP contribution in [-0.2, 0) is 6.54 Å². The first-order chi connectivity index (χ1) is 10.7. The van der Waals surface area contributed by atoms with Gasteiger partial charge in [-0.25, -0.2) is 0 Å². The van der Waals surface area contributed by atoms with Crippen molar-refractivity contribution in [1.29, 1.82) is 0 Å². The largest absolute Gasteiger partial charge is 0.481 e. The van der Waals surface area contributed by atoms with Gasteiger partial charge in [-0.3, -0.25) is 4.90 Å². The average molecular weight is 301 g/mol. The van der Waals surface area contributed by atoms with Gasteiger partial charge in [-0.1, -0.05) is 24.1 Å². The summed E-state index contributed by atoms with van der Waals surface area (Å²) in [6.07, 6.45) is 5.26. The van der Waals surface area contributed by atoms with Gasteiger partial charge in [-0.05, 0) is 20.0 Å². The molecule has 0 aromatic heterocycles. The number of para-hydroxylation sites is 1. The Morgan fingerprint density at radius 1 is 1.27 bits per heavy atom. The second-order valence-electron chi connectivity index (χ2n) is 5.99. The Kier molecular flexibility index (Phi) is 6.73. The van der Waals surface area contributed by atoms with Crippen molar-refractivity contribution >= 4 is 0 Å². The zero-order valence-electron chi connectivity index (χ0n) is 13.7. The van der Waals surface area contributed by atoms with E-state index in [4.69, 9.17) is 11.2 Å². The predicted octanol–water partition coefficient (Wildman–Crippen LogP) is 1.42. The molecule has 1 heterocycles. The van der Waals surface area contributed by atoms with Crippen molar-refractivity contribution < 1.29 is 4.74 Å². The number of hydrogen-bond acceptors (Lipinski definition) is 4. The molecule has 0 bridgehead atoms. The lowest BCUT2D eigenvalue weighted by molar-refractivity contribution is 0.144. The summed E-state index contributed by atoms with van der Waals surface area (Å²) in [6.45, 7) is 9.08. The van der Waals surface area contributed by atoms with Crippen molar-refractivity contribution in [2.75, 3.05) is 46.4 Å². The molecule has 0 amide bonds. The lowest BCUT2D eigenvalue weighted by atomic mass is 10.2. The van der Waals surface area contributed by atoms with E-state index < -0.39 is 0 Å². The van der Waals surface area contributed by atoms with Crippen LogP contribution in [-0.4, -0.2) is 62.2 Å². The van der Waals surface area contributed by atoms with Crippen molar-refractivity contribution in [3.8, 4) is 18.1 Å². The molecule has 1 aliphatic rings.